The van der Waals surface area contributed by atoms with Crippen LogP contribution in [-0.4, -0.2) is 230 Å². The lowest BCUT2D eigenvalue weighted by Gasteiger charge is -2.38. The standard InChI is InChI=1S/C74H116N10O20S/c1-13-49(5)54(45-62(88)74(8,9)82(10)11)72(97)83(12)58(48(3)4)46-61(104-51(7)85)71-81-57(47-105-71)70(96)78-53(42-50(6)73(98)99)43-52-24-25-60(87)56(44-52)80-66(92)22-16-15-21-59(86)55(79-67(93)23-19-34-84-68(94)26-27-69(84)95)20-17-18-31-75-63(89)28-35-101-36-29-64(90)76-32-38-102-37-30-65(91)77-33-39-103-41-40-100-14-2/h24-27,44,47-50,53-55,58,61,87H,13-23,28-43,45-46H2,1-12H3,(H,75,89)(H,76,90)(H,77,91)(H,78,96)(H,79,93)(H,80,92)(H,98,99)/t49-,50?,53+,54-,55-,58+,61+/m0/s1. The van der Waals surface area contributed by atoms with E-state index in [2.05, 4.69) is 36.9 Å². The van der Waals surface area contributed by atoms with Gasteiger partial charge in [-0.25, -0.2) is 4.98 Å². The van der Waals surface area contributed by atoms with Crippen LogP contribution in [0.5, 0.6) is 5.75 Å². The zero-order chi connectivity index (χ0) is 78.2. The molecule has 0 saturated heterocycles. The number of aromatic nitrogens is 1. The molecule has 1 aliphatic rings. The summed E-state index contributed by atoms with van der Waals surface area (Å²) < 4.78 is 27.3. The van der Waals surface area contributed by atoms with Gasteiger partial charge in [-0.3, -0.25) is 72.1 Å². The number of thiazole rings is 1. The molecule has 3 rings (SSSR count). The zero-order valence-corrected chi connectivity index (χ0v) is 64.3. The molecule has 105 heavy (non-hydrogen) atoms. The van der Waals surface area contributed by atoms with Crippen LogP contribution in [0.4, 0.5) is 5.69 Å². The Labute approximate surface area is 621 Å². The van der Waals surface area contributed by atoms with Crippen molar-refractivity contribution >= 4 is 93.7 Å². The minimum Gasteiger partial charge on any atom is -0.506 e. The molecule has 1 aromatic heterocycles. The van der Waals surface area contributed by atoms with E-state index in [1.54, 1.807) is 18.0 Å². The maximum Gasteiger partial charge on any atom is 0.306 e. The molecule has 0 fully saturated rings. The van der Waals surface area contributed by atoms with Crippen LogP contribution in [0.2, 0.25) is 0 Å². The number of rotatable bonds is 56. The van der Waals surface area contributed by atoms with Crippen LogP contribution >= 0.6 is 11.3 Å². The number of aromatic hydroxyl groups is 1. The van der Waals surface area contributed by atoms with Crippen molar-refractivity contribution in [1.82, 2.24) is 46.3 Å². The van der Waals surface area contributed by atoms with Crippen molar-refractivity contribution in [3.8, 4) is 5.75 Å². The Bertz CT molecular complexity index is 3180. The lowest BCUT2D eigenvalue weighted by molar-refractivity contribution is -0.150. The highest BCUT2D eigenvalue weighted by atomic mass is 32.1. The number of esters is 1. The predicted molar refractivity (Wildman–Crippen MR) is 392 cm³/mol. The number of likely N-dealkylation sites (N-methyl/N-ethyl adjacent to an activating group) is 1. The predicted octanol–water partition coefficient (Wildman–Crippen LogP) is 5.77. The summed E-state index contributed by atoms with van der Waals surface area (Å²) in [5, 5.41) is 39.2. The Morgan fingerprint density at radius 3 is 1.84 bits per heavy atom. The first-order chi connectivity index (χ1) is 49.8. The van der Waals surface area contributed by atoms with Crippen molar-refractivity contribution in [2.75, 3.05) is 105 Å². The number of hydrogen-bond donors (Lipinski definition) is 8. The molecule has 7 atom stereocenters. The third-order valence-electron chi connectivity index (χ3n) is 18.3. The van der Waals surface area contributed by atoms with Gasteiger partial charge in [0.1, 0.15) is 16.5 Å². The molecular weight excluding hydrogens is 1380 g/mol. The van der Waals surface area contributed by atoms with Gasteiger partial charge in [0.2, 0.25) is 35.4 Å². The number of imide groups is 1. The fraction of sp³-hybridized carbons (Fsp3) is 0.676. The van der Waals surface area contributed by atoms with E-state index in [1.165, 1.54) is 31.4 Å². The number of amides is 9. The largest absolute Gasteiger partial charge is 0.506 e. The number of phenolic OH excluding ortho intramolecular Hbond substituents is 1. The number of carbonyl (C=O) groups excluding carboxylic acids is 12. The summed E-state index contributed by atoms with van der Waals surface area (Å²) in [4.78, 5) is 177. The van der Waals surface area contributed by atoms with Crippen LogP contribution in [0.3, 0.4) is 0 Å². The molecule has 0 radical (unpaired) electrons. The number of ether oxygens (including phenoxy) is 5. The number of phenols is 1. The summed E-state index contributed by atoms with van der Waals surface area (Å²) >= 11 is 1.07. The molecule has 8 N–H and O–H groups in total. The lowest BCUT2D eigenvalue weighted by Crippen LogP contribution is -2.50. The van der Waals surface area contributed by atoms with E-state index < -0.39 is 83.1 Å². The van der Waals surface area contributed by atoms with Gasteiger partial charge < -0.3 is 70.7 Å². The van der Waals surface area contributed by atoms with Crippen molar-refractivity contribution in [1.29, 1.82) is 0 Å². The second kappa shape index (κ2) is 48.9. The van der Waals surface area contributed by atoms with Gasteiger partial charge in [0.05, 0.1) is 69.4 Å². The average Bonchev–Trinajstić information content (AvgIpc) is 1.82. The quantitative estimate of drug-likeness (QED) is 0.0168. The molecule has 588 valence electrons. The number of unbranched alkanes of at least 4 members (excludes halogenated alkanes) is 2. The summed E-state index contributed by atoms with van der Waals surface area (Å²) in [6.45, 7) is 19.5. The van der Waals surface area contributed by atoms with Gasteiger partial charge >= 0.3 is 11.9 Å². The highest BCUT2D eigenvalue weighted by molar-refractivity contribution is 7.09. The van der Waals surface area contributed by atoms with Gasteiger partial charge in [0.15, 0.2) is 17.7 Å². The number of carboxylic acid groups (broad SMARTS) is 1. The van der Waals surface area contributed by atoms with Crippen molar-refractivity contribution in [2.24, 2.45) is 23.7 Å². The van der Waals surface area contributed by atoms with Crippen molar-refractivity contribution < 1.29 is 96.2 Å². The van der Waals surface area contributed by atoms with Crippen molar-refractivity contribution in [3.63, 3.8) is 0 Å². The van der Waals surface area contributed by atoms with Gasteiger partial charge in [-0.2, -0.15) is 0 Å². The number of hydrogen-bond acceptors (Lipinski definition) is 22. The zero-order valence-electron chi connectivity index (χ0n) is 63.5. The van der Waals surface area contributed by atoms with E-state index in [1.807, 2.05) is 67.5 Å². The Balaban J connectivity index is 1.56. The number of nitrogens with zero attached hydrogens (tertiary/aromatic N) is 4. The second-order valence-corrected chi connectivity index (χ2v) is 28.3. The van der Waals surface area contributed by atoms with Gasteiger partial charge in [-0.1, -0.05) is 47.1 Å². The third kappa shape index (κ3) is 34.8. The highest BCUT2D eigenvalue weighted by Gasteiger charge is 2.39. The van der Waals surface area contributed by atoms with Crippen LogP contribution in [0.25, 0.3) is 0 Å². The summed E-state index contributed by atoms with van der Waals surface area (Å²) in [5.74, 6) is -7.71. The highest BCUT2D eigenvalue weighted by Crippen LogP contribution is 2.34. The number of carboxylic acids is 1. The van der Waals surface area contributed by atoms with E-state index in [9.17, 15) is 72.5 Å². The molecule has 1 aromatic carbocycles. The van der Waals surface area contributed by atoms with Crippen molar-refractivity contribution in [3.05, 3.63) is 52.0 Å². The molecule has 1 aliphatic heterocycles. The van der Waals surface area contributed by atoms with Crippen LogP contribution in [0.15, 0.2) is 35.7 Å². The molecule has 2 aromatic rings. The first kappa shape index (κ1) is 91.1. The van der Waals surface area contributed by atoms with Gasteiger partial charge in [-0.05, 0) is 116 Å². The molecule has 0 aliphatic carbocycles. The first-order valence-electron chi connectivity index (χ1n) is 36.5. The van der Waals surface area contributed by atoms with Gasteiger partial charge in [0.25, 0.3) is 17.7 Å². The molecule has 31 heteroatoms. The third-order valence-corrected chi connectivity index (χ3v) is 19.3. The molecular formula is C74H116N10O20S. The monoisotopic (exact) mass is 1500 g/mol. The number of benzene rings is 1. The van der Waals surface area contributed by atoms with Crippen LogP contribution in [0.1, 0.15) is 192 Å². The summed E-state index contributed by atoms with van der Waals surface area (Å²) in [5.41, 5.74) is -0.289. The number of ketones is 2. The molecule has 9 amide bonds. The molecule has 1 unspecified atom stereocenters. The van der Waals surface area contributed by atoms with Crippen LogP contribution in [0, 0.1) is 23.7 Å². The van der Waals surface area contributed by atoms with E-state index in [4.69, 9.17) is 23.7 Å². The minimum absolute atomic E-state index is 0.00855. The Morgan fingerprint density at radius 1 is 0.676 bits per heavy atom. The smallest absolute Gasteiger partial charge is 0.306 e. The average molecular weight is 1500 g/mol. The van der Waals surface area contributed by atoms with E-state index in [0.29, 0.717) is 57.8 Å². The van der Waals surface area contributed by atoms with Gasteiger partial charge in [-0.15, -0.1) is 11.3 Å². The van der Waals surface area contributed by atoms with E-state index >= 15 is 0 Å². The SMILES string of the molecule is CCOCCOCCNC(=O)CCOCCNC(=O)CCOCCC(=O)NCCCC[C@H](NC(=O)CCCN1C(=O)C=CC1=O)C(=O)CCCCC(=O)Nc1cc(C[C@@H](CC(C)C(=O)O)NC(=O)c2csc([C@@H](C[C@H](C(C)C)N(C)C(=O)[C@@H](CC(=O)C(C)(C)N(C)C)[C@@H](C)CC)OC(C)=O)n2)ccc1O. The Hall–Kier alpha value is -8.10. The van der Waals surface area contributed by atoms with Crippen LogP contribution in [-0.2, 0) is 87.6 Å². The number of carbonyl (C=O) groups is 13. The number of aliphatic carboxylic acids is 1. The molecule has 0 bridgehead atoms. The number of Topliss-reactive ketones (excluding diaryl/α,β-unsaturated/α-hetero) is 2. The molecule has 0 saturated carbocycles. The van der Waals surface area contributed by atoms with Crippen molar-refractivity contribution in [2.45, 2.75) is 201 Å². The summed E-state index contributed by atoms with van der Waals surface area (Å²) in [6, 6.07) is 2.19. The lowest BCUT2D eigenvalue weighted by atomic mass is 9.81. The van der Waals surface area contributed by atoms with E-state index in [-0.39, 0.29) is 205 Å². The molecule has 2 heterocycles. The fourth-order valence-corrected chi connectivity index (χ4v) is 12.0. The fourth-order valence-electron chi connectivity index (χ4n) is 11.2. The maximum absolute atomic E-state index is 14.4. The second-order valence-electron chi connectivity index (χ2n) is 27.4. The Morgan fingerprint density at radius 2 is 1.26 bits per heavy atom. The topological polar surface area (TPSA) is 403 Å². The molecule has 0 spiro atoms. The molecule has 30 nitrogen and oxygen atoms in total. The van der Waals surface area contributed by atoms with E-state index in [0.717, 1.165) is 28.4 Å². The summed E-state index contributed by atoms with van der Waals surface area (Å²) in [6.07, 6.45) is 3.98. The first-order valence-corrected chi connectivity index (χ1v) is 37.4. The maximum atomic E-state index is 14.4. The van der Waals surface area contributed by atoms with Crippen LogP contribution < -0.4 is 31.9 Å². The minimum atomic E-state index is -1.11. The van der Waals surface area contributed by atoms with Gasteiger partial charge in [0, 0.05) is 134 Å². The number of anilines is 1. The summed E-state index contributed by atoms with van der Waals surface area (Å²) in [7, 11) is 5.32. The number of nitrogens with one attached hydrogen (secondary N) is 6. The normalized spacial score (nSPS) is 14.2. The Kier molecular flexibility index (Phi) is 42.4.